The van der Waals surface area contributed by atoms with Crippen LogP contribution in [0.3, 0.4) is 0 Å². The molecule has 0 aliphatic rings. The van der Waals surface area contributed by atoms with Crippen LogP contribution in [0.4, 0.5) is 0 Å². The molecule has 0 rings (SSSR count). The van der Waals surface area contributed by atoms with Crippen molar-refractivity contribution in [1.82, 2.24) is 4.83 Å². The van der Waals surface area contributed by atoms with Gasteiger partial charge >= 0.3 is 5.97 Å². The molecule has 7 heteroatoms. The van der Waals surface area contributed by atoms with Gasteiger partial charge in [-0.15, -0.1) is 0 Å². The Morgan fingerprint density at radius 2 is 2.23 bits per heavy atom. The standard InChI is InChI=1S/C6H12N2O4S/c1-2-3-4-13(11,12)8-7-5-6(9)10/h5,8H,2-4H2,1H3,(H,9,10). The maximum atomic E-state index is 11.0. The van der Waals surface area contributed by atoms with Gasteiger partial charge in [0.05, 0.1) is 5.75 Å². The average Bonchev–Trinajstić information content (AvgIpc) is 2.00. The molecule has 0 saturated heterocycles. The summed E-state index contributed by atoms with van der Waals surface area (Å²) in [6.45, 7) is 1.86. The van der Waals surface area contributed by atoms with Gasteiger partial charge in [0.1, 0.15) is 6.21 Å². The van der Waals surface area contributed by atoms with E-state index in [1.165, 1.54) is 0 Å². The van der Waals surface area contributed by atoms with Gasteiger partial charge in [0, 0.05) is 0 Å². The Kier molecular flexibility index (Phi) is 5.05. The van der Waals surface area contributed by atoms with Crippen molar-refractivity contribution in [1.29, 1.82) is 0 Å². The third-order valence-corrected chi connectivity index (χ3v) is 2.34. The molecule has 6 nitrogen and oxygen atoms in total. The number of carboxylic acid groups (broad SMARTS) is 1. The van der Waals surface area contributed by atoms with Crippen molar-refractivity contribution < 1.29 is 18.3 Å². The second kappa shape index (κ2) is 5.52. The molecule has 0 aromatic heterocycles. The van der Waals surface area contributed by atoms with Crippen molar-refractivity contribution in [3.63, 3.8) is 0 Å². The maximum absolute atomic E-state index is 11.0. The van der Waals surface area contributed by atoms with Crippen LogP contribution in [0.25, 0.3) is 0 Å². The van der Waals surface area contributed by atoms with Crippen LogP contribution in [0.5, 0.6) is 0 Å². The molecule has 0 heterocycles. The van der Waals surface area contributed by atoms with Crippen molar-refractivity contribution >= 4 is 22.2 Å². The number of nitrogens with one attached hydrogen (secondary N) is 1. The van der Waals surface area contributed by atoms with E-state index < -0.39 is 16.0 Å². The average molecular weight is 208 g/mol. The summed E-state index contributed by atoms with van der Waals surface area (Å²) in [5, 5.41) is 11.1. The Bertz CT molecular complexity index is 283. The maximum Gasteiger partial charge on any atom is 0.348 e. The fourth-order valence-corrected chi connectivity index (χ4v) is 1.52. The van der Waals surface area contributed by atoms with Gasteiger partial charge in [-0.05, 0) is 6.42 Å². The molecule has 0 radical (unpaired) electrons. The summed E-state index contributed by atoms with van der Waals surface area (Å²) in [5.41, 5.74) is 0. The van der Waals surface area contributed by atoms with Crippen LogP contribution < -0.4 is 4.83 Å². The minimum absolute atomic E-state index is 0.0412. The van der Waals surface area contributed by atoms with E-state index in [1.807, 2.05) is 6.92 Å². The molecule has 2 N–H and O–H groups in total. The molecule has 13 heavy (non-hydrogen) atoms. The summed E-state index contributed by atoms with van der Waals surface area (Å²) < 4.78 is 21.9. The molecule has 0 saturated carbocycles. The zero-order chi connectivity index (χ0) is 10.3. The molecule has 0 fully saturated rings. The molecule has 76 valence electrons. The third kappa shape index (κ3) is 7.26. The van der Waals surface area contributed by atoms with E-state index in [4.69, 9.17) is 5.11 Å². The molecule has 0 aliphatic heterocycles. The molecule has 0 spiro atoms. The normalized spacial score (nSPS) is 11.8. The Morgan fingerprint density at radius 1 is 1.62 bits per heavy atom. The molecule has 0 aromatic carbocycles. The van der Waals surface area contributed by atoms with Crippen LogP contribution in [0.15, 0.2) is 5.10 Å². The first-order valence-corrected chi connectivity index (χ1v) is 5.38. The number of sulfonamides is 1. The highest BCUT2D eigenvalue weighted by atomic mass is 32.2. The van der Waals surface area contributed by atoms with Crippen molar-refractivity contribution in [2.24, 2.45) is 5.10 Å². The number of carbonyl (C=O) groups is 1. The molecule has 0 amide bonds. The van der Waals surface area contributed by atoms with E-state index in [2.05, 4.69) is 5.10 Å². The zero-order valence-electron chi connectivity index (χ0n) is 7.23. The van der Waals surface area contributed by atoms with E-state index in [0.29, 0.717) is 12.6 Å². The molecule has 0 atom stereocenters. The van der Waals surface area contributed by atoms with Gasteiger partial charge in [0.2, 0.25) is 10.0 Å². The van der Waals surface area contributed by atoms with Gasteiger partial charge < -0.3 is 5.11 Å². The van der Waals surface area contributed by atoms with Crippen molar-refractivity contribution in [2.45, 2.75) is 19.8 Å². The molecule has 0 bridgehead atoms. The van der Waals surface area contributed by atoms with Crippen molar-refractivity contribution in [2.75, 3.05) is 5.75 Å². The molecule has 0 unspecified atom stereocenters. The Morgan fingerprint density at radius 3 is 2.69 bits per heavy atom. The van der Waals surface area contributed by atoms with Gasteiger partial charge in [-0.2, -0.15) is 5.10 Å². The number of nitrogens with zero attached hydrogens (tertiary/aromatic N) is 1. The summed E-state index contributed by atoms with van der Waals surface area (Å²) in [6, 6.07) is 0. The highest BCUT2D eigenvalue weighted by Crippen LogP contribution is 1.92. The molecule has 0 aliphatic carbocycles. The third-order valence-electron chi connectivity index (χ3n) is 1.13. The lowest BCUT2D eigenvalue weighted by Gasteiger charge is -1.99. The highest BCUT2D eigenvalue weighted by molar-refractivity contribution is 7.89. The fourth-order valence-electron chi connectivity index (χ4n) is 0.542. The highest BCUT2D eigenvalue weighted by Gasteiger charge is 2.06. The second-order valence-electron chi connectivity index (χ2n) is 2.36. The summed E-state index contributed by atoms with van der Waals surface area (Å²) in [6.07, 6.45) is 1.77. The first-order chi connectivity index (χ1) is 5.98. The topological polar surface area (TPSA) is 95.8 Å². The quantitative estimate of drug-likeness (QED) is 0.465. The largest absolute Gasteiger partial charge is 0.477 e. The van der Waals surface area contributed by atoms with Crippen LogP contribution in [0.2, 0.25) is 0 Å². The van der Waals surface area contributed by atoms with Crippen molar-refractivity contribution in [3.05, 3.63) is 0 Å². The van der Waals surface area contributed by atoms with E-state index in [0.717, 1.165) is 6.42 Å². The SMILES string of the molecule is CCCCS(=O)(=O)NN=CC(=O)O. The van der Waals surface area contributed by atoms with Crippen LogP contribution in [-0.4, -0.2) is 31.5 Å². The minimum atomic E-state index is -3.45. The lowest BCUT2D eigenvalue weighted by atomic mass is 10.4. The van der Waals surface area contributed by atoms with Crippen LogP contribution in [-0.2, 0) is 14.8 Å². The van der Waals surface area contributed by atoms with Gasteiger partial charge in [-0.25, -0.2) is 18.0 Å². The van der Waals surface area contributed by atoms with Gasteiger partial charge in [0.15, 0.2) is 0 Å². The van der Waals surface area contributed by atoms with E-state index >= 15 is 0 Å². The van der Waals surface area contributed by atoms with Gasteiger partial charge in [-0.3, -0.25) is 0 Å². The predicted octanol–water partition coefficient (Wildman–Crippen LogP) is -0.224. The lowest BCUT2D eigenvalue weighted by molar-refractivity contribution is -0.128. The van der Waals surface area contributed by atoms with Gasteiger partial charge in [0.25, 0.3) is 0 Å². The number of hydrazone groups is 1. The Balaban J connectivity index is 3.97. The van der Waals surface area contributed by atoms with E-state index in [-0.39, 0.29) is 5.75 Å². The summed E-state index contributed by atoms with van der Waals surface area (Å²) in [7, 11) is -3.45. The number of carboxylic acids is 1. The van der Waals surface area contributed by atoms with Crippen LogP contribution >= 0.6 is 0 Å². The van der Waals surface area contributed by atoms with Crippen molar-refractivity contribution in [3.8, 4) is 0 Å². The lowest BCUT2D eigenvalue weighted by Crippen LogP contribution is -2.22. The first-order valence-electron chi connectivity index (χ1n) is 3.73. The van der Waals surface area contributed by atoms with Crippen LogP contribution in [0, 0.1) is 0 Å². The summed E-state index contributed by atoms with van der Waals surface area (Å²) in [5.74, 6) is -1.33. The summed E-state index contributed by atoms with van der Waals surface area (Å²) in [4.78, 5) is 11.7. The number of aliphatic carboxylic acids is 1. The Hall–Kier alpha value is -1.11. The number of unbranched alkanes of at least 4 members (excludes halogenated alkanes) is 1. The zero-order valence-corrected chi connectivity index (χ0v) is 8.04. The number of rotatable bonds is 6. The van der Waals surface area contributed by atoms with Gasteiger partial charge in [-0.1, -0.05) is 13.3 Å². The van der Waals surface area contributed by atoms with E-state index in [9.17, 15) is 13.2 Å². The Labute approximate surface area is 76.7 Å². The van der Waals surface area contributed by atoms with E-state index in [1.54, 1.807) is 4.83 Å². The first kappa shape index (κ1) is 11.9. The second-order valence-corrected chi connectivity index (χ2v) is 4.18. The van der Waals surface area contributed by atoms with Crippen LogP contribution in [0.1, 0.15) is 19.8 Å². The fraction of sp³-hybridized carbons (Fsp3) is 0.667. The number of hydrogen-bond donors (Lipinski definition) is 2. The predicted molar refractivity (Wildman–Crippen MR) is 48.0 cm³/mol. The molecular weight excluding hydrogens is 196 g/mol. The number of hydrogen-bond acceptors (Lipinski definition) is 4. The molecule has 0 aromatic rings. The monoisotopic (exact) mass is 208 g/mol. The summed E-state index contributed by atoms with van der Waals surface area (Å²) >= 11 is 0. The molecular formula is C6H12N2O4S. The smallest absolute Gasteiger partial charge is 0.348 e. The minimum Gasteiger partial charge on any atom is -0.477 e.